The van der Waals surface area contributed by atoms with Crippen LogP contribution in [0.1, 0.15) is 231 Å². The molecule has 6 heterocycles. The Kier molecular flexibility index (Phi) is 29.9. The van der Waals surface area contributed by atoms with E-state index >= 15 is 0 Å². The number of allylic oxidation sites excluding steroid dienone is 17. The van der Waals surface area contributed by atoms with Crippen LogP contribution < -0.4 is 41.1 Å². The molecule has 24 heteroatoms. The number of benzene rings is 5. The number of hydrogen-bond acceptors (Lipinski definition) is 17. The number of aliphatic hydroxyl groups excluding tert-OH is 2. The van der Waals surface area contributed by atoms with Gasteiger partial charge in [0.15, 0.2) is 5.78 Å². The third-order valence-corrected chi connectivity index (χ3v) is 26.6. The Labute approximate surface area is 774 Å². The van der Waals surface area contributed by atoms with Gasteiger partial charge in [-0.05, 0) is 225 Å². The van der Waals surface area contributed by atoms with Crippen molar-refractivity contribution in [1.82, 2.24) is 15.1 Å². The van der Waals surface area contributed by atoms with E-state index < -0.39 is 11.5 Å². The summed E-state index contributed by atoms with van der Waals surface area (Å²) in [4.78, 5) is 138. The van der Waals surface area contributed by atoms with Gasteiger partial charge in [0.05, 0.1) is 56.5 Å². The highest BCUT2D eigenvalue weighted by molar-refractivity contribution is 6.44. The molecule has 17 rings (SSSR count). The van der Waals surface area contributed by atoms with Gasteiger partial charge in [0.25, 0.3) is 11.8 Å². The topological polar surface area (TPSA) is 309 Å². The van der Waals surface area contributed by atoms with Crippen molar-refractivity contribution in [2.45, 2.75) is 197 Å². The molecule has 0 unspecified atom stereocenters. The molecule has 6 saturated heterocycles. The zero-order valence-electron chi connectivity index (χ0n) is 77.5. The molecule has 0 bridgehead atoms. The van der Waals surface area contributed by atoms with Gasteiger partial charge < -0.3 is 61.1 Å². The fourth-order valence-corrected chi connectivity index (χ4v) is 19.6. The maximum Gasteiger partial charge on any atom is 0.255 e. The molecule has 686 valence electrons. The molecule has 6 amide bonds. The van der Waals surface area contributed by atoms with Crippen LogP contribution >= 0.6 is 0 Å². The summed E-state index contributed by atoms with van der Waals surface area (Å²) in [5.41, 5.74) is 16.8. The van der Waals surface area contributed by atoms with Crippen molar-refractivity contribution in [3.05, 3.63) is 264 Å². The zero-order valence-corrected chi connectivity index (χ0v) is 77.5. The minimum absolute atomic E-state index is 0.0334. The minimum atomic E-state index is -0.410. The van der Waals surface area contributed by atoms with Gasteiger partial charge in [-0.3, -0.25) is 43.2 Å². The molecule has 6 aliphatic heterocycles. The fourth-order valence-electron chi connectivity index (χ4n) is 19.6. The van der Waals surface area contributed by atoms with Crippen molar-refractivity contribution in [1.29, 1.82) is 0 Å². The van der Waals surface area contributed by atoms with Gasteiger partial charge in [-0.1, -0.05) is 94.5 Å². The second kappa shape index (κ2) is 42.2. The van der Waals surface area contributed by atoms with Gasteiger partial charge in [-0.2, -0.15) is 0 Å². The summed E-state index contributed by atoms with van der Waals surface area (Å²) in [5.74, 6) is -3.33. The first kappa shape index (κ1) is 93.3. The van der Waals surface area contributed by atoms with Crippen molar-refractivity contribution < 1.29 is 63.0 Å². The minimum Gasteiger partial charge on any atom is -0.871 e. The number of nitrogens with one attached hydrogen (secondary N) is 4. The van der Waals surface area contributed by atoms with Gasteiger partial charge in [-0.15, -0.1) is 0 Å². The molecule has 24 nitrogen and oxygen atoms in total. The maximum atomic E-state index is 14.2. The van der Waals surface area contributed by atoms with Crippen LogP contribution in [-0.2, 0) is 33.6 Å². The molecular weight excluding hydrogens is 1660 g/mol. The summed E-state index contributed by atoms with van der Waals surface area (Å²) in [6.45, 7) is 26.2. The Balaban J connectivity index is 0.000000153. The molecule has 0 aromatic heterocycles. The van der Waals surface area contributed by atoms with Gasteiger partial charge >= 0.3 is 0 Å². The summed E-state index contributed by atoms with van der Waals surface area (Å²) in [5, 5.41) is 48.8. The number of carbonyl (C=O) groups is 9. The zero-order chi connectivity index (χ0) is 93.0. The lowest BCUT2D eigenvalue weighted by molar-refractivity contribution is -0.504. The normalized spacial score (nSPS) is 20.7. The summed E-state index contributed by atoms with van der Waals surface area (Å²) in [6, 6.07) is 30.9. The number of likely N-dealkylation sites (tertiary alicyclic amines) is 2. The van der Waals surface area contributed by atoms with Crippen LogP contribution in [0.5, 0.6) is 0 Å². The lowest BCUT2D eigenvalue weighted by Gasteiger charge is -2.35. The van der Waals surface area contributed by atoms with E-state index in [1.54, 1.807) is 66.7 Å². The van der Waals surface area contributed by atoms with Crippen molar-refractivity contribution in [3.63, 3.8) is 0 Å². The first-order chi connectivity index (χ1) is 63.9. The predicted octanol–water partition coefficient (Wildman–Crippen LogP) is 17.8. The van der Waals surface area contributed by atoms with Crippen molar-refractivity contribution in [2.75, 3.05) is 109 Å². The molecule has 132 heavy (non-hydrogen) atoms. The quantitative estimate of drug-likeness (QED) is 0.0190. The van der Waals surface area contributed by atoms with Crippen LogP contribution in [-0.4, -0.2) is 173 Å². The molecular formula is C108H122N12O12. The summed E-state index contributed by atoms with van der Waals surface area (Å²) in [6.07, 6.45) is 34.9. The van der Waals surface area contributed by atoms with Crippen LogP contribution in [0, 0.1) is 13.8 Å². The van der Waals surface area contributed by atoms with Crippen molar-refractivity contribution in [3.8, 4) is 0 Å². The van der Waals surface area contributed by atoms with E-state index in [-0.39, 0.29) is 92.0 Å². The number of aryl methyl sites for hydroxylation is 2. The van der Waals surface area contributed by atoms with Crippen LogP contribution in [0.25, 0.3) is 16.7 Å². The Hall–Kier alpha value is -13.4. The number of aliphatic imine (C=N–C) groups is 2. The van der Waals surface area contributed by atoms with Crippen LogP contribution in [0.2, 0.25) is 0 Å². The fraction of sp³-hybridized carbons (Fsp3) is 0.389. The summed E-state index contributed by atoms with van der Waals surface area (Å²) >= 11 is 0. The van der Waals surface area contributed by atoms with Gasteiger partial charge in [-0.25, -0.2) is 14.6 Å². The van der Waals surface area contributed by atoms with Gasteiger partial charge in [0.1, 0.15) is 24.6 Å². The second-order valence-electron chi connectivity index (χ2n) is 36.2. The number of aliphatic hydroxyl groups is 2. The van der Waals surface area contributed by atoms with Crippen molar-refractivity contribution in [2.24, 2.45) is 9.98 Å². The first-order valence-corrected chi connectivity index (χ1v) is 47.6. The third kappa shape index (κ3) is 20.7. The highest BCUT2D eigenvalue weighted by Crippen LogP contribution is 2.49. The van der Waals surface area contributed by atoms with Gasteiger partial charge in [0.2, 0.25) is 40.9 Å². The van der Waals surface area contributed by atoms with Crippen LogP contribution in [0.4, 0.5) is 34.1 Å². The number of hydrogen-bond donors (Lipinski definition) is 6. The lowest BCUT2D eigenvalue weighted by atomic mass is 9.77. The molecule has 5 aromatic rings. The van der Waals surface area contributed by atoms with E-state index in [2.05, 4.69) is 74.2 Å². The van der Waals surface area contributed by atoms with Crippen LogP contribution in [0.15, 0.2) is 235 Å². The molecule has 0 saturated carbocycles. The van der Waals surface area contributed by atoms with E-state index in [0.717, 1.165) is 263 Å². The van der Waals surface area contributed by atoms with E-state index in [1.807, 2.05) is 107 Å². The standard InChI is InChI=1S/C40H38N4O4.C40H54N4O4.C28H30N4O4/c1-25-21-29(31(23-33(25)43-17-9-10-18-43)41-39(47)27-13-5-3-6-14-27)35-37(45)36(38(35)46)30-22-26(2)34(44-19-11-12-20-44)24-32(30)42-40(48)28-15-7-4-8-16-28;1-5-7-9-11-17-35(45)41-31-25-33(43-19-13-14-20-43)27(3)23-29(31)37-39(47)38(40(37)48)30-24-28(4)34(44-21-15-16-22-44)26-32(30)42-36(46)18-12-10-8-6-2;1-17(33)29-23-15-19(31-11-3-4-12-31)7-9-21(23)25-27(35)26(28(25)36)22-10-8-20(32-13-5-6-14-32)16-24(22)30-18(2)34/h3-8,13-16,21-24H,9-12,17-20H2,1-2H3,(H2,41,42,45,46,47,48);23-26,47H,5-22H2,1-4H3,(H,41,45);7-10,15-16,35H,3-6,11-14H2,1-2H3,(H,29,33). The Morgan fingerprint density at radius 3 is 1.46 bits per heavy atom. The monoisotopic (exact) mass is 1780 g/mol. The van der Waals surface area contributed by atoms with E-state index in [4.69, 9.17) is 0 Å². The average molecular weight is 1780 g/mol. The number of rotatable bonds is 24. The van der Waals surface area contributed by atoms with Gasteiger partial charge in [0, 0.05) is 201 Å². The SMILES string of the molecule is CC(=O)N=C1C=C(N2CCCC2)C=CC1=C1C(=O)C(c2ccc(N3CCCC3)cc2NC(C)=O)=C1O.CC1=C/C(=C2/C(=O)C(c3cc(C)c(N4CCCC4)cc3NC(=O)c3ccccc3)=C2[O-])C(NC(=O)c2ccccc2)=CC1=[N+]1CCCC1.CCCCCCC(=O)N=C1C=C(N2CCCC2)C(C)=CC1=C1C(=O)C(c2cc(C)c(N3CCCC3)cc2NC(=O)CCCCCC)=C1O. The number of unbranched alkanes of at least 4 members (excludes halogenated alkanes) is 6. The second-order valence-corrected chi connectivity index (χ2v) is 36.2. The molecule has 5 aromatic carbocycles. The molecule has 0 atom stereocenters. The summed E-state index contributed by atoms with van der Waals surface area (Å²) in [7, 11) is 0. The summed E-state index contributed by atoms with van der Waals surface area (Å²) < 4.78 is 2.27. The average Bonchev–Trinajstić information content (AvgIpc) is 1.12. The predicted molar refractivity (Wildman–Crippen MR) is 521 cm³/mol. The lowest BCUT2D eigenvalue weighted by Crippen LogP contribution is -2.35. The van der Waals surface area contributed by atoms with E-state index in [0.29, 0.717) is 91.6 Å². The molecule has 6 aliphatic carbocycles. The highest BCUT2D eigenvalue weighted by Gasteiger charge is 2.44. The van der Waals surface area contributed by atoms with Crippen LogP contribution in [0.3, 0.4) is 0 Å². The molecule has 0 spiro atoms. The Morgan fingerprint density at radius 2 is 0.917 bits per heavy atom. The largest absolute Gasteiger partial charge is 0.871 e. The number of Topliss-reactive ketones (excluding diaryl/α,β-unsaturated/α-hetero) is 3. The number of nitrogens with zero attached hydrogens (tertiary/aromatic N) is 8. The molecule has 6 fully saturated rings. The Bertz CT molecular complexity index is 5990. The first-order valence-electron chi connectivity index (χ1n) is 47.6. The smallest absolute Gasteiger partial charge is 0.255 e. The van der Waals surface area contributed by atoms with Crippen molar-refractivity contribution >= 4 is 121 Å². The highest BCUT2D eigenvalue weighted by atomic mass is 16.3. The third-order valence-electron chi connectivity index (χ3n) is 26.6. The number of carbonyl (C=O) groups excluding carboxylic acids is 9. The maximum absolute atomic E-state index is 14.2. The molecule has 6 N–H and O–H groups in total. The van der Waals surface area contributed by atoms with E-state index in [1.165, 1.54) is 13.8 Å². The number of anilines is 6. The number of amides is 6. The molecule has 12 aliphatic rings. The Morgan fingerprint density at radius 1 is 0.432 bits per heavy atom. The molecule has 0 radical (unpaired) electrons. The van der Waals surface area contributed by atoms with E-state index in [9.17, 15) is 58.5 Å². The number of ketones is 3.